The van der Waals surface area contributed by atoms with Crippen LogP contribution in [0.25, 0.3) is 5.69 Å². The maximum absolute atomic E-state index is 14.2. The van der Waals surface area contributed by atoms with Gasteiger partial charge in [0, 0.05) is 18.8 Å². The van der Waals surface area contributed by atoms with E-state index in [0.717, 1.165) is 15.4 Å². The number of nitrogens with zero attached hydrogens (tertiary/aromatic N) is 5. The van der Waals surface area contributed by atoms with Crippen LogP contribution < -0.4 is 10.4 Å². The summed E-state index contributed by atoms with van der Waals surface area (Å²) in [6.07, 6.45) is -0.750. The van der Waals surface area contributed by atoms with Crippen molar-refractivity contribution < 1.29 is 14.2 Å². The fourth-order valence-corrected chi connectivity index (χ4v) is 1.82. The van der Waals surface area contributed by atoms with Gasteiger partial charge in [-0.25, -0.2) is 9.18 Å². The average molecular weight is 323 g/mol. The summed E-state index contributed by atoms with van der Waals surface area (Å²) in [4.78, 5) is 16.1. The van der Waals surface area contributed by atoms with E-state index in [1.165, 1.54) is 20.0 Å². The molecule has 0 unspecified atom stereocenters. The van der Waals surface area contributed by atoms with Gasteiger partial charge in [0.05, 0.1) is 6.10 Å². The van der Waals surface area contributed by atoms with E-state index in [1.807, 2.05) is 0 Å². The van der Waals surface area contributed by atoms with Crippen LogP contribution in [-0.4, -0.2) is 43.3 Å². The Morgan fingerprint density at radius 1 is 1.43 bits per heavy atom. The second-order valence-corrected chi connectivity index (χ2v) is 5.29. The predicted octanol–water partition coefficient (Wildman–Crippen LogP) is 0.977. The minimum absolute atomic E-state index is 0.0574. The lowest BCUT2D eigenvalue weighted by atomic mass is 10.2. The van der Waals surface area contributed by atoms with Crippen LogP contribution in [0.5, 0.6) is 5.75 Å². The first-order valence-corrected chi connectivity index (χ1v) is 6.95. The number of hydrogen-bond donors (Lipinski definition) is 1. The third kappa shape index (κ3) is 3.81. The molecule has 0 aliphatic carbocycles. The number of benzene rings is 1. The zero-order valence-corrected chi connectivity index (χ0v) is 13.3. The van der Waals surface area contributed by atoms with Crippen LogP contribution in [0.15, 0.2) is 21.9 Å². The number of hydrogen-bond acceptors (Lipinski definition) is 6. The van der Waals surface area contributed by atoms with Gasteiger partial charge in [-0.2, -0.15) is 9.36 Å². The van der Waals surface area contributed by atoms with Crippen LogP contribution in [-0.2, 0) is 7.05 Å². The molecule has 0 saturated heterocycles. The summed E-state index contributed by atoms with van der Waals surface area (Å²) in [7, 11) is 1.45. The molecule has 2 aromatic rings. The van der Waals surface area contributed by atoms with Crippen LogP contribution in [0.2, 0.25) is 0 Å². The zero-order valence-electron chi connectivity index (χ0n) is 13.3. The van der Waals surface area contributed by atoms with Crippen molar-refractivity contribution in [3.05, 3.63) is 28.4 Å². The molecule has 1 N–H and O–H groups in total. The number of aryl methyl sites for hydroxylation is 1. The Hall–Kier alpha value is -2.55. The number of ether oxygens (including phenoxy) is 1. The van der Waals surface area contributed by atoms with E-state index in [2.05, 4.69) is 15.4 Å². The molecule has 0 aliphatic heterocycles. The molecule has 0 spiro atoms. The Balaban J connectivity index is 2.61. The first-order valence-electron chi connectivity index (χ1n) is 6.95. The van der Waals surface area contributed by atoms with Crippen LogP contribution in [0, 0.1) is 5.82 Å². The molecule has 0 amide bonds. The fraction of sp³-hybridized carbons (Fsp3) is 0.429. The van der Waals surface area contributed by atoms with E-state index in [9.17, 15) is 14.3 Å². The molecule has 1 aromatic carbocycles. The van der Waals surface area contributed by atoms with Gasteiger partial charge in [0.2, 0.25) is 0 Å². The van der Waals surface area contributed by atoms with Crippen molar-refractivity contribution >= 4 is 11.4 Å². The van der Waals surface area contributed by atoms with Gasteiger partial charge in [-0.1, -0.05) is 0 Å². The third-order valence-corrected chi connectivity index (χ3v) is 2.80. The van der Waals surface area contributed by atoms with Crippen molar-refractivity contribution in [1.82, 2.24) is 19.8 Å². The maximum Gasteiger partial charge on any atom is 0.368 e. The minimum atomic E-state index is -0.750. The normalized spacial score (nSPS) is 12.1. The van der Waals surface area contributed by atoms with Crippen LogP contribution in [0.4, 0.5) is 10.1 Å². The summed E-state index contributed by atoms with van der Waals surface area (Å²) in [5, 5.41) is 16.7. The van der Waals surface area contributed by atoms with Gasteiger partial charge in [-0.15, -0.1) is 0 Å². The summed E-state index contributed by atoms with van der Waals surface area (Å²) in [6, 6.07) is 2.47. The van der Waals surface area contributed by atoms with Gasteiger partial charge < -0.3 is 9.84 Å². The summed E-state index contributed by atoms with van der Waals surface area (Å²) < 4.78 is 21.6. The molecule has 2 rings (SSSR count). The number of aliphatic hydroxyl groups excluding tert-OH is 1. The molecule has 0 bridgehead atoms. The summed E-state index contributed by atoms with van der Waals surface area (Å²) in [5.41, 5.74) is 0.396. The van der Waals surface area contributed by atoms with Gasteiger partial charge in [0.1, 0.15) is 23.7 Å². The molecule has 0 radical (unpaired) electrons. The number of aliphatic hydroxyl groups is 1. The molecular formula is C14H18FN5O3. The second kappa shape index (κ2) is 6.69. The molecule has 0 aliphatic rings. The number of tetrazole rings is 1. The lowest BCUT2D eigenvalue weighted by molar-refractivity contribution is 0.122. The molecule has 23 heavy (non-hydrogen) atoms. The first-order chi connectivity index (χ1) is 10.8. The van der Waals surface area contributed by atoms with E-state index in [-0.39, 0.29) is 23.7 Å². The average Bonchev–Trinajstić information content (AvgIpc) is 2.78. The molecule has 124 valence electrons. The first kappa shape index (κ1) is 16.8. The van der Waals surface area contributed by atoms with Crippen LogP contribution in [0.3, 0.4) is 0 Å². The number of rotatable bonds is 5. The van der Waals surface area contributed by atoms with Crippen molar-refractivity contribution in [2.75, 3.05) is 6.61 Å². The van der Waals surface area contributed by atoms with Crippen molar-refractivity contribution in [2.45, 2.75) is 26.9 Å². The van der Waals surface area contributed by atoms with E-state index in [1.54, 1.807) is 13.8 Å². The molecule has 9 heteroatoms. The van der Waals surface area contributed by atoms with Gasteiger partial charge >= 0.3 is 5.69 Å². The summed E-state index contributed by atoms with van der Waals surface area (Å²) in [6.45, 7) is 4.93. The molecule has 0 saturated carbocycles. The molecule has 1 heterocycles. The Kier molecular flexibility index (Phi) is 4.89. The minimum Gasteiger partial charge on any atom is -0.489 e. The summed E-state index contributed by atoms with van der Waals surface area (Å²) in [5.74, 6) is -0.536. The SMILES string of the molecule is CC(C)=Nc1cc(-n2nnn(C)c2=O)c(OC[C@@H](C)O)cc1F. The molecular weight excluding hydrogens is 305 g/mol. The standard InChI is InChI=1S/C14H18FN5O3/c1-8(2)16-11-6-12(20-14(22)19(4)17-18-20)13(5-10(11)15)23-7-9(3)21/h5-6,9,21H,7H2,1-4H3/t9-/m1/s1. The Labute approximate surface area is 131 Å². The topological polar surface area (TPSA) is 94.5 Å². The van der Waals surface area contributed by atoms with Crippen molar-refractivity contribution in [2.24, 2.45) is 12.0 Å². The lowest BCUT2D eigenvalue weighted by Gasteiger charge is -2.13. The Morgan fingerprint density at radius 2 is 2.13 bits per heavy atom. The molecule has 1 aromatic heterocycles. The summed E-state index contributed by atoms with van der Waals surface area (Å²) >= 11 is 0. The highest BCUT2D eigenvalue weighted by Gasteiger charge is 2.17. The quantitative estimate of drug-likeness (QED) is 0.828. The zero-order chi connectivity index (χ0) is 17.1. The van der Waals surface area contributed by atoms with E-state index in [0.29, 0.717) is 5.71 Å². The highest BCUT2D eigenvalue weighted by atomic mass is 19.1. The lowest BCUT2D eigenvalue weighted by Crippen LogP contribution is -2.23. The van der Waals surface area contributed by atoms with E-state index < -0.39 is 17.6 Å². The maximum atomic E-state index is 14.2. The van der Waals surface area contributed by atoms with Gasteiger partial charge in [-0.3, -0.25) is 4.99 Å². The van der Waals surface area contributed by atoms with Crippen molar-refractivity contribution in [3.63, 3.8) is 0 Å². The van der Waals surface area contributed by atoms with Gasteiger partial charge in [0.15, 0.2) is 5.82 Å². The molecule has 0 fully saturated rings. The van der Waals surface area contributed by atoms with E-state index >= 15 is 0 Å². The smallest absolute Gasteiger partial charge is 0.368 e. The van der Waals surface area contributed by atoms with Crippen LogP contribution in [0.1, 0.15) is 20.8 Å². The Morgan fingerprint density at radius 3 is 2.65 bits per heavy atom. The second-order valence-electron chi connectivity index (χ2n) is 5.29. The van der Waals surface area contributed by atoms with Crippen molar-refractivity contribution in [1.29, 1.82) is 0 Å². The van der Waals surface area contributed by atoms with E-state index in [4.69, 9.17) is 4.74 Å². The van der Waals surface area contributed by atoms with Gasteiger partial charge in [-0.05, 0) is 37.3 Å². The molecule has 1 atom stereocenters. The number of halogens is 1. The third-order valence-electron chi connectivity index (χ3n) is 2.80. The molecule has 8 nitrogen and oxygen atoms in total. The highest BCUT2D eigenvalue weighted by Crippen LogP contribution is 2.30. The predicted molar refractivity (Wildman–Crippen MR) is 82.2 cm³/mol. The Bertz CT molecular complexity index is 790. The number of aromatic nitrogens is 4. The fourth-order valence-electron chi connectivity index (χ4n) is 1.82. The number of aliphatic imine (C=N–C) groups is 1. The van der Waals surface area contributed by atoms with Gasteiger partial charge in [0.25, 0.3) is 0 Å². The van der Waals surface area contributed by atoms with Crippen LogP contribution >= 0.6 is 0 Å². The monoisotopic (exact) mass is 323 g/mol. The largest absolute Gasteiger partial charge is 0.489 e. The van der Waals surface area contributed by atoms with Crippen molar-refractivity contribution in [3.8, 4) is 11.4 Å². The highest BCUT2D eigenvalue weighted by molar-refractivity contribution is 5.82.